The number of halogens is 2. The SMILES string of the molecule is CC1(C)OB(c2cc3c(cnn3PI)cc2Cl)OC1(C)C. The van der Waals surface area contributed by atoms with Crippen molar-refractivity contribution in [3.05, 3.63) is 23.4 Å². The molecule has 1 aromatic heterocycles. The van der Waals surface area contributed by atoms with Crippen molar-refractivity contribution in [1.82, 2.24) is 9.55 Å². The van der Waals surface area contributed by atoms with E-state index < -0.39 is 7.12 Å². The van der Waals surface area contributed by atoms with Crippen LogP contribution in [0.1, 0.15) is 27.7 Å². The third kappa shape index (κ3) is 2.63. The van der Waals surface area contributed by atoms with Gasteiger partial charge in [0.25, 0.3) is 0 Å². The molecule has 0 saturated carbocycles. The van der Waals surface area contributed by atoms with Gasteiger partial charge in [-0.05, 0) is 61.9 Å². The van der Waals surface area contributed by atoms with Crippen LogP contribution in [0.5, 0.6) is 0 Å². The molecule has 3 rings (SSSR count). The van der Waals surface area contributed by atoms with E-state index in [1.807, 2.05) is 50.5 Å². The summed E-state index contributed by atoms with van der Waals surface area (Å²) in [5, 5.41) is 6.04. The summed E-state index contributed by atoms with van der Waals surface area (Å²) in [6.07, 6.45) is 2.37. The minimum absolute atomic E-state index is 0.374. The lowest BCUT2D eigenvalue weighted by Gasteiger charge is -2.32. The van der Waals surface area contributed by atoms with Crippen molar-refractivity contribution in [2.75, 3.05) is 0 Å². The second kappa shape index (κ2) is 5.34. The molecular weight excluding hydrogens is 420 g/mol. The molecule has 4 nitrogen and oxygen atoms in total. The minimum atomic E-state index is -0.451. The van der Waals surface area contributed by atoms with E-state index in [1.54, 1.807) is 0 Å². The van der Waals surface area contributed by atoms with Crippen molar-refractivity contribution in [3.8, 4) is 0 Å². The smallest absolute Gasteiger partial charge is 0.399 e. The fourth-order valence-electron chi connectivity index (χ4n) is 2.28. The van der Waals surface area contributed by atoms with Crippen LogP contribution in [0.25, 0.3) is 10.9 Å². The Kier molecular flexibility index (Phi) is 4.07. The highest BCUT2D eigenvalue weighted by molar-refractivity contribution is 14.2. The second-order valence-corrected chi connectivity index (χ2v) is 8.61. The van der Waals surface area contributed by atoms with Crippen LogP contribution < -0.4 is 5.46 Å². The molecule has 1 atom stereocenters. The number of nitrogens with zero attached hydrogens (tertiary/aromatic N) is 2. The molecule has 0 N–H and O–H groups in total. The molecule has 0 aliphatic carbocycles. The molecule has 1 aliphatic heterocycles. The van der Waals surface area contributed by atoms with E-state index >= 15 is 0 Å². The molecular formula is C13H16BClIN2O2P. The molecule has 0 radical (unpaired) electrons. The molecule has 0 amide bonds. The quantitative estimate of drug-likeness (QED) is 0.409. The summed E-state index contributed by atoms with van der Waals surface area (Å²) >= 11 is 8.74. The Labute approximate surface area is 144 Å². The third-order valence-electron chi connectivity index (χ3n) is 4.27. The van der Waals surface area contributed by atoms with Gasteiger partial charge < -0.3 is 9.31 Å². The molecule has 0 bridgehead atoms. The van der Waals surface area contributed by atoms with E-state index in [4.69, 9.17) is 20.9 Å². The first-order chi connectivity index (χ1) is 9.75. The second-order valence-electron chi connectivity index (χ2n) is 6.16. The maximum absolute atomic E-state index is 6.43. The van der Waals surface area contributed by atoms with E-state index in [0.29, 0.717) is 11.4 Å². The molecule has 8 heteroatoms. The highest BCUT2D eigenvalue weighted by Gasteiger charge is 2.52. The maximum Gasteiger partial charge on any atom is 0.496 e. The molecule has 1 unspecified atom stereocenters. The van der Waals surface area contributed by atoms with Gasteiger partial charge in [-0.2, -0.15) is 5.10 Å². The molecule has 1 aromatic carbocycles. The van der Waals surface area contributed by atoms with Gasteiger partial charge in [0, 0.05) is 15.9 Å². The summed E-state index contributed by atoms with van der Waals surface area (Å²) in [7, 11) is -0.451. The number of hydrogen-bond donors (Lipinski definition) is 0. The Morgan fingerprint density at radius 1 is 1.24 bits per heavy atom. The van der Waals surface area contributed by atoms with Crippen molar-refractivity contribution in [1.29, 1.82) is 0 Å². The van der Waals surface area contributed by atoms with Gasteiger partial charge in [0.15, 0.2) is 0 Å². The minimum Gasteiger partial charge on any atom is -0.399 e. The summed E-state index contributed by atoms with van der Waals surface area (Å²) in [5.74, 6) is 0. The molecule has 2 aromatic rings. The molecule has 1 fully saturated rings. The predicted octanol–water partition coefficient (Wildman–Crippen LogP) is 3.78. The van der Waals surface area contributed by atoms with Crippen LogP contribution in [0, 0.1) is 0 Å². The average Bonchev–Trinajstić information content (AvgIpc) is 2.86. The molecule has 0 spiro atoms. The number of fused-ring (bicyclic) bond motifs is 1. The monoisotopic (exact) mass is 436 g/mol. The Morgan fingerprint density at radius 2 is 1.86 bits per heavy atom. The van der Waals surface area contributed by atoms with E-state index in [1.165, 1.54) is 0 Å². The molecule has 1 saturated heterocycles. The van der Waals surface area contributed by atoms with Gasteiger partial charge >= 0.3 is 7.12 Å². The van der Waals surface area contributed by atoms with Crippen molar-refractivity contribution < 1.29 is 9.31 Å². The van der Waals surface area contributed by atoms with Crippen LogP contribution in [-0.4, -0.2) is 27.9 Å². The Balaban J connectivity index is 2.07. The zero-order valence-corrected chi connectivity index (χ0v) is 16.2. The normalized spacial score (nSPS) is 21.0. The van der Waals surface area contributed by atoms with Crippen LogP contribution in [0.4, 0.5) is 0 Å². The number of rotatable bonds is 2. The zero-order valence-electron chi connectivity index (χ0n) is 12.3. The van der Waals surface area contributed by atoms with Crippen LogP contribution >= 0.6 is 40.0 Å². The summed E-state index contributed by atoms with van der Waals surface area (Å²) in [5.41, 5.74) is 1.17. The molecule has 2 heterocycles. The van der Waals surface area contributed by atoms with Gasteiger partial charge in [-0.1, -0.05) is 11.6 Å². The third-order valence-corrected chi connectivity index (χ3v) is 6.49. The van der Waals surface area contributed by atoms with Crippen molar-refractivity contribution >= 4 is 63.5 Å². The van der Waals surface area contributed by atoms with Gasteiger partial charge in [0.05, 0.1) is 29.3 Å². The fourth-order valence-corrected chi connectivity index (χ4v) is 4.08. The first-order valence-electron chi connectivity index (χ1n) is 6.65. The average molecular weight is 436 g/mol. The zero-order chi connectivity index (χ0) is 15.4. The van der Waals surface area contributed by atoms with Crippen molar-refractivity contribution in [2.45, 2.75) is 38.9 Å². The molecule has 1 aliphatic rings. The van der Waals surface area contributed by atoms with Crippen LogP contribution in [0.15, 0.2) is 18.3 Å². The lowest BCUT2D eigenvalue weighted by molar-refractivity contribution is 0.00578. The summed E-state index contributed by atoms with van der Waals surface area (Å²) in [4.78, 5) is 0. The Morgan fingerprint density at radius 3 is 2.43 bits per heavy atom. The van der Waals surface area contributed by atoms with Crippen molar-refractivity contribution in [2.24, 2.45) is 0 Å². The topological polar surface area (TPSA) is 36.3 Å². The molecule has 21 heavy (non-hydrogen) atoms. The number of benzene rings is 1. The fraction of sp³-hybridized carbons (Fsp3) is 0.462. The van der Waals surface area contributed by atoms with E-state index in [9.17, 15) is 0 Å². The molecule has 112 valence electrons. The highest BCUT2D eigenvalue weighted by Crippen LogP contribution is 2.37. The Hall–Kier alpha value is 0.125. The van der Waals surface area contributed by atoms with Gasteiger partial charge in [-0.15, -0.1) is 0 Å². The first kappa shape index (κ1) is 16.0. The number of hydrogen-bond acceptors (Lipinski definition) is 3. The number of aromatic nitrogens is 2. The van der Waals surface area contributed by atoms with Crippen molar-refractivity contribution in [3.63, 3.8) is 0 Å². The maximum atomic E-state index is 6.43. The predicted molar refractivity (Wildman–Crippen MR) is 98.2 cm³/mol. The van der Waals surface area contributed by atoms with Crippen LogP contribution in [-0.2, 0) is 9.31 Å². The Bertz CT molecular complexity index is 691. The highest BCUT2D eigenvalue weighted by atomic mass is 127. The van der Waals surface area contributed by atoms with Crippen LogP contribution in [0.2, 0.25) is 5.02 Å². The lowest BCUT2D eigenvalue weighted by atomic mass is 9.78. The van der Waals surface area contributed by atoms with E-state index in [2.05, 4.69) is 27.1 Å². The van der Waals surface area contributed by atoms with Gasteiger partial charge in [0.2, 0.25) is 0 Å². The van der Waals surface area contributed by atoms with Gasteiger partial charge in [0.1, 0.15) is 0 Å². The standard InChI is InChI=1S/C13H16BClIN2O2P/c1-12(2)13(3,4)20-14(19-12)9-6-11-8(5-10(9)15)7-17-18(11)21-16/h5-7,21H,1-4H3. The van der Waals surface area contributed by atoms with E-state index in [0.717, 1.165) is 16.4 Å². The van der Waals surface area contributed by atoms with Crippen LogP contribution in [0.3, 0.4) is 0 Å². The largest absolute Gasteiger partial charge is 0.496 e. The first-order valence-corrected chi connectivity index (χ1v) is 11.1. The van der Waals surface area contributed by atoms with Gasteiger partial charge in [-0.3, -0.25) is 0 Å². The summed E-state index contributed by atoms with van der Waals surface area (Å²) < 4.78 is 14.1. The van der Waals surface area contributed by atoms with E-state index in [-0.39, 0.29) is 11.2 Å². The lowest BCUT2D eigenvalue weighted by Crippen LogP contribution is -2.41. The van der Waals surface area contributed by atoms with Gasteiger partial charge in [-0.25, -0.2) is 4.45 Å². The summed E-state index contributed by atoms with van der Waals surface area (Å²) in [6, 6.07) is 3.95. The summed E-state index contributed by atoms with van der Waals surface area (Å²) in [6.45, 7) is 8.15.